The average molecular weight is 342 g/mol. The molecule has 2 nitrogen and oxygen atoms in total. The maximum atomic E-state index is 13.3. The van der Waals surface area contributed by atoms with Crippen LogP contribution in [0.25, 0.3) is 0 Å². The van der Waals surface area contributed by atoms with Gasteiger partial charge < -0.3 is 10.5 Å². The van der Waals surface area contributed by atoms with Crippen molar-refractivity contribution >= 4 is 15.9 Å². The van der Waals surface area contributed by atoms with Crippen molar-refractivity contribution in [1.82, 2.24) is 0 Å². The Morgan fingerprint density at radius 3 is 2.50 bits per heavy atom. The van der Waals surface area contributed by atoms with Gasteiger partial charge in [-0.25, -0.2) is 8.78 Å². The minimum absolute atomic E-state index is 0.303. The fourth-order valence-corrected chi connectivity index (χ4v) is 2.22. The van der Waals surface area contributed by atoms with Gasteiger partial charge in [-0.3, -0.25) is 0 Å². The van der Waals surface area contributed by atoms with E-state index in [0.29, 0.717) is 15.8 Å². The fourth-order valence-electron chi connectivity index (χ4n) is 1.86. The highest BCUT2D eigenvalue weighted by molar-refractivity contribution is 9.10. The summed E-state index contributed by atoms with van der Waals surface area (Å²) in [7, 11) is 0. The van der Waals surface area contributed by atoms with E-state index in [1.54, 1.807) is 19.1 Å². The third-order valence-corrected chi connectivity index (χ3v) is 3.42. The molecule has 0 spiro atoms. The van der Waals surface area contributed by atoms with Crippen molar-refractivity contribution in [2.24, 2.45) is 5.73 Å². The molecule has 2 atom stereocenters. The largest absolute Gasteiger partial charge is 0.484 e. The molecule has 2 aromatic carbocycles. The van der Waals surface area contributed by atoms with Crippen LogP contribution < -0.4 is 10.5 Å². The summed E-state index contributed by atoms with van der Waals surface area (Å²) in [5.41, 5.74) is 6.54. The Kier molecular flexibility index (Phi) is 4.73. The van der Waals surface area contributed by atoms with E-state index in [-0.39, 0.29) is 17.7 Å². The van der Waals surface area contributed by atoms with Gasteiger partial charge in [0.25, 0.3) is 0 Å². The molecule has 0 amide bonds. The average Bonchev–Trinajstić information content (AvgIpc) is 2.39. The third-order valence-electron chi connectivity index (χ3n) is 2.81. The molecule has 0 aliphatic heterocycles. The van der Waals surface area contributed by atoms with Gasteiger partial charge in [-0.05, 0) is 58.7 Å². The van der Waals surface area contributed by atoms with Gasteiger partial charge in [0, 0.05) is 6.04 Å². The molecule has 0 bridgehead atoms. The van der Waals surface area contributed by atoms with Crippen LogP contribution >= 0.6 is 15.9 Å². The van der Waals surface area contributed by atoms with Crippen LogP contribution in [0.15, 0.2) is 46.9 Å². The zero-order valence-corrected chi connectivity index (χ0v) is 12.4. The molecule has 2 unspecified atom stereocenters. The second kappa shape index (κ2) is 6.33. The van der Waals surface area contributed by atoms with Crippen LogP contribution in [0.2, 0.25) is 0 Å². The predicted molar refractivity (Wildman–Crippen MR) is 77.5 cm³/mol. The Bertz CT molecular complexity index is 604. The summed E-state index contributed by atoms with van der Waals surface area (Å²) >= 11 is 3.09. The van der Waals surface area contributed by atoms with E-state index < -0.39 is 6.10 Å². The van der Waals surface area contributed by atoms with E-state index in [9.17, 15) is 8.78 Å². The van der Waals surface area contributed by atoms with Crippen LogP contribution in [0.4, 0.5) is 8.78 Å². The molecule has 0 fully saturated rings. The van der Waals surface area contributed by atoms with E-state index in [0.717, 1.165) is 0 Å². The van der Waals surface area contributed by atoms with Crippen LogP contribution in [0, 0.1) is 11.6 Å². The van der Waals surface area contributed by atoms with Crippen molar-refractivity contribution < 1.29 is 13.5 Å². The van der Waals surface area contributed by atoms with Crippen molar-refractivity contribution in [3.05, 3.63) is 64.1 Å². The van der Waals surface area contributed by atoms with Crippen LogP contribution in [0.1, 0.15) is 18.6 Å². The highest BCUT2D eigenvalue weighted by Crippen LogP contribution is 2.28. The van der Waals surface area contributed by atoms with Crippen molar-refractivity contribution in [1.29, 1.82) is 0 Å². The standard InChI is InChI=1S/C15H14BrF2NO/c1-9(19)15(10-3-2-4-11(17)7-10)20-12-5-6-14(18)13(16)8-12/h2-9,15H,19H2,1H3. The van der Waals surface area contributed by atoms with E-state index in [2.05, 4.69) is 15.9 Å². The number of benzene rings is 2. The van der Waals surface area contributed by atoms with E-state index in [4.69, 9.17) is 10.5 Å². The Balaban J connectivity index is 2.28. The predicted octanol–water partition coefficient (Wildman–Crippen LogP) is 4.19. The second-order valence-electron chi connectivity index (χ2n) is 4.53. The molecule has 0 radical (unpaired) electrons. The van der Waals surface area contributed by atoms with Crippen LogP contribution in [0.3, 0.4) is 0 Å². The van der Waals surface area contributed by atoms with Gasteiger partial charge in [0.05, 0.1) is 4.47 Å². The topological polar surface area (TPSA) is 35.2 Å². The third kappa shape index (κ3) is 3.55. The lowest BCUT2D eigenvalue weighted by atomic mass is 10.0. The van der Waals surface area contributed by atoms with Crippen LogP contribution in [-0.4, -0.2) is 6.04 Å². The molecule has 2 N–H and O–H groups in total. The zero-order valence-electron chi connectivity index (χ0n) is 10.8. The maximum Gasteiger partial charge on any atom is 0.139 e. The summed E-state index contributed by atoms with van der Waals surface area (Å²) in [5, 5.41) is 0. The zero-order chi connectivity index (χ0) is 14.7. The fraction of sp³-hybridized carbons (Fsp3) is 0.200. The highest BCUT2D eigenvalue weighted by atomic mass is 79.9. The number of halogens is 3. The molecule has 0 aromatic heterocycles. The lowest BCUT2D eigenvalue weighted by Crippen LogP contribution is -2.29. The van der Waals surface area contributed by atoms with Crippen molar-refractivity contribution in [3.8, 4) is 5.75 Å². The summed E-state index contributed by atoms with van der Waals surface area (Å²) in [6.45, 7) is 1.77. The first-order chi connectivity index (χ1) is 9.47. The first kappa shape index (κ1) is 14.9. The Labute approximate surface area is 124 Å². The van der Waals surface area contributed by atoms with Crippen LogP contribution in [0.5, 0.6) is 5.75 Å². The highest BCUT2D eigenvalue weighted by Gasteiger charge is 2.19. The minimum Gasteiger partial charge on any atom is -0.484 e. The normalized spacial score (nSPS) is 13.8. The van der Waals surface area contributed by atoms with Gasteiger partial charge >= 0.3 is 0 Å². The smallest absolute Gasteiger partial charge is 0.139 e. The van der Waals surface area contributed by atoms with Crippen LogP contribution in [-0.2, 0) is 0 Å². The summed E-state index contributed by atoms with van der Waals surface area (Å²) in [5.74, 6) is -0.262. The molecule has 2 rings (SSSR count). The lowest BCUT2D eigenvalue weighted by Gasteiger charge is -2.23. The molecule has 2 aromatic rings. The van der Waals surface area contributed by atoms with Gasteiger partial charge in [-0.1, -0.05) is 12.1 Å². The van der Waals surface area contributed by atoms with Crippen molar-refractivity contribution in [2.45, 2.75) is 19.1 Å². The maximum absolute atomic E-state index is 13.3. The molecule has 0 aliphatic rings. The van der Waals surface area contributed by atoms with Gasteiger partial charge in [0.1, 0.15) is 23.5 Å². The summed E-state index contributed by atoms with van der Waals surface area (Å²) in [6.07, 6.45) is -0.511. The monoisotopic (exact) mass is 341 g/mol. The summed E-state index contributed by atoms with van der Waals surface area (Å²) in [6, 6.07) is 10.1. The summed E-state index contributed by atoms with van der Waals surface area (Å²) < 4.78 is 32.6. The van der Waals surface area contributed by atoms with Gasteiger partial charge in [0.2, 0.25) is 0 Å². The molecule has 5 heteroatoms. The minimum atomic E-state index is -0.511. The number of nitrogens with two attached hydrogens (primary N) is 1. The first-order valence-electron chi connectivity index (χ1n) is 6.10. The molecule has 0 saturated heterocycles. The molecular weight excluding hydrogens is 328 g/mol. The Morgan fingerprint density at radius 1 is 1.15 bits per heavy atom. The number of hydrogen-bond acceptors (Lipinski definition) is 2. The Hall–Kier alpha value is -1.46. The Morgan fingerprint density at radius 2 is 1.90 bits per heavy atom. The lowest BCUT2D eigenvalue weighted by molar-refractivity contribution is 0.179. The first-order valence-corrected chi connectivity index (χ1v) is 6.89. The van der Waals surface area contributed by atoms with Gasteiger partial charge in [-0.15, -0.1) is 0 Å². The molecule has 106 valence electrons. The summed E-state index contributed by atoms with van der Waals surface area (Å²) in [4.78, 5) is 0. The second-order valence-corrected chi connectivity index (χ2v) is 5.38. The quantitative estimate of drug-likeness (QED) is 0.904. The van der Waals surface area contributed by atoms with Crippen molar-refractivity contribution in [2.75, 3.05) is 0 Å². The molecule has 0 aliphatic carbocycles. The molecular formula is C15H14BrF2NO. The SMILES string of the molecule is CC(N)C(Oc1ccc(F)c(Br)c1)c1cccc(F)c1. The van der Waals surface area contributed by atoms with Crippen molar-refractivity contribution in [3.63, 3.8) is 0 Å². The molecule has 0 heterocycles. The van der Waals surface area contributed by atoms with E-state index in [1.165, 1.54) is 30.3 Å². The van der Waals surface area contributed by atoms with E-state index >= 15 is 0 Å². The number of rotatable bonds is 4. The molecule has 20 heavy (non-hydrogen) atoms. The number of hydrogen-bond donors (Lipinski definition) is 1. The van der Waals surface area contributed by atoms with E-state index in [1.807, 2.05) is 0 Å². The number of ether oxygens (including phenoxy) is 1. The van der Waals surface area contributed by atoms with Gasteiger partial charge in [0.15, 0.2) is 0 Å². The molecule has 0 saturated carbocycles. The van der Waals surface area contributed by atoms with Gasteiger partial charge in [-0.2, -0.15) is 0 Å².